The lowest BCUT2D eigenvalue weighted by Crippen LogP contribution is -2.50. The maximum Gasteiger partial charge on any atom is 0.271 e. The Morgan fingerprint density at radius 1 is 1.16 bits per heavy atom. The van der Waals surface area contributed by atoms with Crippen molar-refractivity contribution in [1.29, 1.82) is 0 Å². The summed E-state index contributed by atoms with van der Waals surface area (Å²) < 4.78 is 25.7. The average Bonchev–Trinajstić information content (AvgIpc) is 2.74. The van der Waals surface area contributed by atoms with E-state index in [4.69, 9.17) is 0 Å². The predicted octanol–water partition coefficient (Wildman–Crippen LogP) is 1.83. The predicted molar refractivity (Wildman–Crippen MR) is 121 cm³/mol. The van der Waals surface area contributed by atoms with Crippen LogP contribution >= 0.6 is 0 Å². The van der Waals surface area contributed by atoms with Crippen LogP contribution < -0.4 is 9.62 Å². The molecule has 172 valence electrons. The first-order valence-corrected chi connectivity index (χ1v) is 11.6. The molecule has 2 amide bonds. The van der Waals surface area contributed by atoms with Gasteiger partial charge in [-0.15, -0.1) is 0 Å². The Morgan fingerprint density at radius 2 is 1.81 bits per heavy atom. The van der Waals surface area contributed by atoms with E-state index in [1.165, 1.54) is 30.1 Å². The second kappa shape index (κ2) is 10.2. The Hall–Kier alpha value is -3.47. The van der Waals surface area contributed by atoms with E-state index in [1.807, 2.05) is 25.1 Å². The highest BCUT2D eigenvalue weighted by atomic mass is 32.2. The van der Waals surface area contributed by atoms with E-state index in [2.05, 4.69) is 5.32 Å². The number of benzene rings is 2. The molecule has 11 heteroatoms. The zero-order valence-electron chi connectivity index (χ0n) is 18.3. The van der Waals surface area contributed by atoms with Crippen LogP contribution in [0.4, 0.5) is 11.4 Å². The second-order valence-electron chi connectivity index (χ2n) is 7.28. The summed E-state index contributed by atoms with van der Waals surface area (Å²) in [6.07, 6.45) is 0.910. The van der Waals surface area contributed by atoms with E-state index in [1.54, 1.807) is 13.0 Å². The van der Waals surface area contributed by atoms with E-state index in [-0.39, 0.29) is 17.9 Å². The van der Waals surface area contributed by atoms with E-state index in [0.717, 1.165) is 27.8 Å². The lowest BCUT2D eigenvalue weighted by molar-refractivity contribution is -0.384. The molecule has 0 aliphatic rings. The summed E-state index contributed by atoms with van der Waals surface area (Å²) in [7, 11) is -2.51. The van der Waals surface area contributed by atoms with E-state index in [9.17, 15) is 28.1 Å². The van der Waals surface area contributed by atoms with Gasteiger partial charge in [-0.2, -0.15) is 0 Å². The molecule has 0 spiro atoms. The van der Waals surface area contributed by atoms with Crippen LogP contribution in [0.25, 0.3) is 0 Å². The van der Waals surface area contributed by atoms with Gasteiger partial charge in [-0.3, -0.25) is 24.0 Å². The average molecular weight is 463 g/mol. The quantitative estimate of drug-likeness (QED) is 0.447. The highest BCUT2D eigenvalue weighted by molar-refractivity contribution is 7.92. The maximum atomic E-state index is 13.3. The van der Waals surface area contributed by atoms with Gasteiger partial charge in [0.25, 0.3) is 5.69 Å². The van der Waals surface area contributed by atoms with Gasteiger partial charge in [-0.1, -0.05) is 30.3 Å². The molecule has 0 fully saturated rings. The molecule has 10 nitrogen and oxygen atoms in total. The van der Waals surface area contributed by atoms with Crippen molar-refractivity contribution in [3.05, 3.63) is 69.8 Å². The number of likely N-dealkylation sites (N-methyl/N-ethyl adjacent to an activating group) is 1. The minimum Gasteiger partial charge on any atom is -0.357 e. The van der Waals surface area contributed by atoms with Crippen LogP contribution in [0.15, 0.2) is 48.5 Å². The number of nitro groups is 1. The first kappa shape index (κ1) is 24.8. The molecule has 2 aromatic rings. The molecule has 0 saturated heterocycles. The zero-order valence-corrected chi connectivity index (χ0v) is 19.1. The fourth-order valence-electron chi connectivity index (χ4n) is 3.14. The summed E-state index contributed by atoms with van der Waals surface area (Å²) >= 11 is 0. The second-order valence-corrected chi connectivity index (χ2v) is 9.19. The third-order valence-electron chi connectivity index (χ3n) is 5.02. The first-order valence-electron chi connectivity index (χ1n) is 9.73. The number of nitrogens with one attached hydrogen (secondary N) is 1. The van der Waals surface area contributed by atoms with Crippen LogP contribution in [0.1, 0.15) is 18.1 Å². The highest BCUT2D eigenvalue weighted by Crippen LogP contribution is 2.24. The molecule has 0 aliphatic heterocycles. The Bertz CT molecular complexity index is 1120. The molecular weight excluding hydrogens is 436 g/mol. The molecule has 0 aliphatic carbocycles. The van der Waals surface area contributed by atoms with Crippen molar-refractivity contribution < 1.29 is 22.9 Å². The largest absolute Gasteiger partial charge is 0.357 e. The van der Waals surface area contributed by atoms with Crippen molar-refractivity contribution in [2.45, 2.75) is 26.4 Å². The van der Waals surface area contributed by atoms with Gasteiger partial charge in [0.05, 0.1) is 16.9 Å². The number of hydrogen-bond donors (Lipinski definition) is 1. The minimum absolute atomic E-state index is 0.0153. The summed E-state index contributed by atoms with van der Waals surface area (Å²) in [5.41, 5.74) is 1.39. The highest BCUT2D eigenvalue weighted by Gasteiger charge is 2.30. The van der Waals surface area contributed by atoms with Gasteiger partial charge < -0.3 is 10.2 Å². The summed E-state index contributed by atoms with van der Waals surface area (Å²) in [5, 5.41) is 13.6. The van der Waals surface area contributed by atoms with Crippen molar-refractivity contribution in [2.75, 3.05) is 24.2 Å². The number of hydrogen-bond acceptors (Lipinski definition) is 6. The number of nitro benzene ring substituents is 1. The number of carbonyl (C=O) groups is 2. The number of rotatable bonds is 9. The Labute approximate surface area is 187 Å². The van der Waals surface area contributed by atoms with Crippen molar-refractivity contribution in [3.63, 3.8) is 0 Å². The van der Waals surface area contributed by atoms with Crippen LogP contribution in [0, 0.1) is 17.0 Å². The topological polar surface area (TPSA) is 130 Å². The van der Waals surface area contributed by atoms with Gasteiger partial charge in [0.2, 0.25) is 21.8 Å². The van der Waals surface area contributed by atoms with Crippen LogP contribution in [0.5, 0.6) is 0 Å². The summed E-state index contributed by atoms with van der Waals surface area (Å²) in [6, 6.07) is 11.5. The molecule has 1 atom stereocenters. The molecule has 1 unspecified atom stereocenters. The van der Waals surface area contributed by atoms with Crippen LogP contribution in [0.2, 0.25) is 0 Å². The molecule has 0 saturated carbocycles. The molecule has 0 heterocycles. The van der Waals surface area contributed by atoms with Crippen LogP contribution in [-0.2, 0) is 26.2 Å². The third-order valence-corrected chi connectivity index (χ3v) is 6.16. The SMILES string of the molecule is CNC(=O)C(C)N(Cc1ccccc1C)C(=O)CN(c1cccc([N+](=O)[O-])c1)S(C)(=O)=O. The molecular formula is C21H26N4O6S. The molecule has 2 rings (SSSR count). The van der Waals surface area contributed by atoms with E-state index in [0.29, 0.717) is 0 Å². The monoisotopic (exact) mass is 462 g/mol. The maximum absolute atomic E-state index is 13.3. The van der Waals surface area contributed by atoms with Gasteiger partial charge in [-0.25, -0.2) is 8.42 Å². The lowest BCUT2D eigenvalue weighted by atomic mass is 10.1. The van der Waals surface area contributed by atoms with Crippen molar-refractivity contribution in [3.8, 4) is 0 Å². The summed E-state index contributed by atoms with van der Waals surface area (Å²) in [4.78, 5) is 37.3. The summed E-state index contributed by atoms with van der Waals surface area (Å²) in [5.74, 6) is -1.03. The number of non-ortho nitro benzene ring substituents is 1. The first-order chi connectivity index (χ1) is 15.0. The Kier molecular flexibility index (Phi) is 7.92. The molecule has 32 heavy (non-hydrogen) atoms. The van der Waals surface area contributed by atoms with Gasteiger partial charge in [-0.05, 0) is 31.0 Å². The van der Waals surface area contributed by atoms with Crippen LogP contribution in [-0.4, -0.2) is 55.9 Å². The van der Waals surface area contributed by atoms with Gasteiger partial charge in [0, 0.05) is 25.7 Å². The van der Waals surface area contributed by atoms with E-state index < -0.39 is 39.3 Å². The fourth-order valence-corrected chi connectivity index (χ4v) is 3.98. The molecule has 2 aromatic carbocycles. The zero-order chi connectivity index (χ0) is 24.1. The number of nitrogens with zero attached hydrogens (tertiary/aromatic N) is 3. The number of carbonyl (C=O) groups excluding carboxylic acids is 2. The number of anilines is 1. The van der Waals surface area contributed by atoms with Gasteiger partial charge >= 0.3 is 0 Å². The molecule has 0 radical (unpaired) electrons. The van der Waals surface area contributed by atoms with E-state index >= 15 is 0 Å². The van der Waals surface area contributed by atoms with Crippen LogP contribution in [0.3, 0.4) is 0 Å². The number of amides is 2. The molecule has 0 aromatic heterocycles. The summed E-state index contributed by atoms with van der Waals surface area (Å²) in [6.45, 7) is 2.89. The smallest absolute Gasteiger partial charge is 0.271 e. The fraction of sp³-hybridized carbons (Fsp3) is 0.333. The van der Waals surface area contributed by atoms with Crippen molar-refractivity contribution in [2.24, 2.45) is 0 Å². The van der Waals surface area contributed by atoms with Crippen molar-refractivity contribution >= 4 is 33.2 Å². The number of aryl methyl sites for hydroxylation is 1. The normalized spacial score (nSPS) is 12.0. The third kappa shape index (κ3) is 6.03. The molecule has 0 bridgehead atoms. The minimum atomic E-state index is -3.96. The molecule has 1 N–H and O–H groups in total. The van der Waals surface area contributed by atoms with Crippen molar-refractivity contribution in [1.82, 2.24) is 10.2 Å². The number of sulfonamides is 1. The Balaban J connectivity index is 2.43. The lowest BCUT2D eigenvalue weighted by Gasteiger charge is -2.31. The van der Waals surface area contributed by atoms with Gasteiger partial charge in [0.1, 0.15) is 12.6 Å². The Morgan fingerprint density at radius 3 is 2.38 bits per heavy atom. The van der Waals surface area contributed by atoms with Gasteiger partial charge in [0.15, 0.2) is 0 Å². The standard InChI is InChI=1S/C21H26N4O6S/c1-15-8-5-6-9-17(15)13-23(16(2)21(27)22-3)20(26)14-24(32(4,30)31)18-10-7-11-19(12-18)25(28)29/h5-12,16H,13-14H2,1-4H3,(H,22,27).